The smallest absolute Gasteiger partial charge is 0.416 e. The van der Waals surface area contributed by atoms with Crippen molar-refractivity contribution in [3.05, 3.63) is 157 Å². The van der Waals surface area contributed by atoms with Crippen LogP contribution in [0.25, 0.3) is 0 Å². The highest BCUT2D eigenvalue weighted by Crippen LogP contribution is 2.39. The zero-order valence-electron chi connectivity index (χ0n) is 26.0. The van der Waals surface area contributed by atoms with Crippen LogP contribution < -0.4 is 18.9 Å². The summed E-state index contributed by atoms with van der Waals surface area (Å²) in [7, 11) is -4.25. The minimum atomic E-state index is -4.53. The Bertz CT molecular complexity index is 2100. The molecule has 0 N–H and O–H groups in total. The summed E-state index contributed by atoms with van der Waals surface area (Å²) in [6.07, 6.45) is -9.06. The Kier molecular flexibility index (Phi) is 9.66. The van der Waals surface area contributed by atoms with Crippen molar-refractivity contribution in [2.75, 3.05) is 0 Å². The Morgan fingerprint density at radius 3 is 1.06 bits per heavy atom. The van der Waals surface area contributed by atoms with Crippen LogP contribution in [0.4, 0.5) is 26.3 Å². The van der Waals surface area contributed by atoms with Gasteiger partial charge in [-0.25, -0.2) is 8.42 Å². The zero-order valence-corrected chi connectivity index (χ0v) is 26.8. The van der Waals surface area contributed by atoms with Crippen molar-refractivity contribution in [1.82, 2.24) is 0 Å². The van der Waals surface area contributed by atoms with Gasteiger partial charge in [-0.1, -0.05) is 36.4 Å². The van der Waals surface area contributed by atoms with Gasteiger partial charge in [-0.05, 0) is 109 Å². The lowest BCUT2D eigenvalue weighted by Crippen LogP contribution is -2.06. The number of benzene rings is 6. The van der Waals surface area contributed by atoms with Gasteiger partial charge in [0.1, 0.15) is 55.8 Å². The van der Waals surface area contributed by atoms with Gasteiger partial charge in [0.2, 0.25) is 9.84 Å². The van der Waals surface area contributed by atoms with Crippen LogP contribution in [-0.4, -0.2) is 8.42 Å². The predicted molar refractivity (Wildman–Crippen MR) is 174 cm³/mol. The van der Waals surface area contributed by atoms with Gasteiger partial charge in [0, 0.05) is 0 Å². The van der Waals surface area contributed by atoms with Crippen LogP contribution >= 0.6 is 0 Å². The molecule has 6 aromatic carbocycles. The molecule has 0 aromatic heterocycles. The van der Waals surface area contributed by atoms with Crippen LogP contribution in [0, 0.1) is 0 Å². The summed E-state index contributed by atoms with van der Waals surface area (Å²) in [5.41, 5.74) is -1.71. The molecule has 6 aromatic rings. The van der Waals surface area contributed by atoms with Crippen molar-refractivity contribution in [1.29, 1.82) is 0 Å². The van der Waals surface area contributed by atoms with Crippen molar-refractivity contribution in [3.8, 4) is 46.0 Å². The van der Waals surface area contributed by atoms with Crippen LogP contribution in [-0.2, 0) is 22.2 Å². The lowest BCUT2D eigenvalue weighted by atomic mass is 10.2. The minimum Gasteiger partial charge on any atom is -0.457 e. The zero-order chi connectivity index (χ0) is 36.2. The quantitative estimate of drug-likeness (QED) is 0.131. The van der Waals surface area contributed by atoms with E-state index in [1.54, 1.807) is 12.1 Å². The molecule has 6 rings (SSSR count). The summed E-state index contributed by atoms with van der Waals surface area (Å²) in [4.78, 5) is -0.342. The van der Waals surface area contributed by atoms with Crippen molar-refractivity contribution in [3.63, 3.8) is 0 Å². The topological polar surface area (TPSA) is 71.1 Å². The predicted octanol–water partition coefficient (Wildman–Crippen LogP) is 11.7. The number of para-hydroxylation sites is 2. The first kappa shape index (κ1) is 34.9. The summed E-state index contributed by atoms with van der Waals surface area (Å²) in [6.45, 7) is 0. The van der Waals surface area contributed by atoms with E-state index < -0.39 is 33.3 Å². The number of ether oxygens (including phenoxy) is 4. The molecule has 0 saturated carbocycles. The van der Waals surface area contributed by atoms with Crippen molar-refractivity contribution in [2.45, 2.75) is 22.1 Å². The van der Waals surface area contributed by atoms with Crippen LogP contribution in [0.3, 0.4) is 0 Å². The van der Waals surface area contributed by atoms with E-state index in [0.29, 0.717) is 0 Å². The summed E-state index contributed by atoms with van der Waals surface area (Å²) >= 11 is 0. The third-order valence-electron chi connectivity index (χ3n) is 7.17. The third kappa shape index (κ3) is 8.44. The fraction of sp³-hybridized carbons (Fsp3) is 0.0526. The maximum Gasteiger partial charge on any atom is 0.416 e. The molecule has 0 saturated heterocycles. The highest BCUT2D eigenvalue weighted by Gasteiger charge is 2.32. The maximum atomic E-state index is 14.0. The molecule has 0 fully saturated rings. The molecule has 0 aliphatic rings. The van der Waals surface area contributed by atoms with E-state index in [4.69, 9.17) is 18.9 Å². The van der Waals surface area contributed by atoms with Gasteiger partial charge in [0.05, 0.1) is 11.1 Å². The van der Waals surface area contributed by atoms with Gasteiger partial charge < -0.3 is 18.9 Å². The van der Waals surface area contributed by atoms with E-state index in [2.05, 4.69) is 0 Å². The van der Waals surface area contributed by atoms with Gasteiger partial charge in [-0.2, -0.15) is 26.3 Å². The summed E-state index contributed by atoms with van der Waals surface area (Å²) in [5.74, 6) is 0.861. The molecule has 0 aliphatic carbocycles. The highest BCUT2D eigenvalue weighted by molar-refractivity contribution is 7.91. The number of alkyl halides is 6. The molecule has 0 aliphatic heterocycles. The number of hydrogen-bond donors (Lipinski definition) is 0. The molecule has 260 valence electrons. The maximum absolute atomic E-state index is 14.0. The molecular weight excluding hydrogens is 698 g/mol. The standard InChI is InChI=1S/C38H24F6O6S/c39-37(40,41)25-7-5-9-31(23-25)47-27-15-19-29(20-16-27)49-33-11-1-3-13-35(33)51(45,46)36-14-4-2-12-34(36)50-30-21-17-28(18-22-30)48-32-10-6-8-26(24-32)38(42,43)44/h1-24H. The summed E-state index contributed by atoms with van der Waals surface area (Å²) < 4.78 is 129. The number of sulfone groups is 1. The van der Waals surface area contributed by atoms with Crippen LogP contribution in [0.5, 0.6) is 46.0 Å². The molecule has 6 nitrogen and oxygen atoms in total. The molecular formula is C38H24F6O6S. The lowest BCUT2D eigenvalue weighted by molar-refractivity contribution is -0.138. The Labute approximate surface area is 288 Å². The molecule has 51 heavy (non-hydrogen) atoms. The first-order valence-electron chi connectivity index (χ1n) is 14.9. The normalized spacial score (nSPS) is 11.9. The Balaban J connectivity index is 1.18. The van der Waals surface area contributed by atoms with E-state index in [0.717, 1.165) is 24.3 Å². The molecule has 0 amide bonds. The average molecular weight is 723 g/mol. The number of rotatable bonds is 10. The fourth-order valence-corrected chi connectivity index (χ4v) is 6.28. The Morgan fingerprint density at radius 2 is 0.706 bits per heavy atom. The van der Waals surface area contributed by atoms with E-state index in [1.807, 2.05) is 0 Å². The SMILES string of the molecule is O=S(=O)(c1ccccc1Oc1ccc(Oc2cccc(C(F)(F)F)c2)cc1)c1ccccc1Oc1ccc(Oc2cccc(C(F)(F)F)c2)cc1. The molecule has 0 radical (unpaired) electrons. The average Bonchev–Trinajstić information content (AvgIpc) is 3.10. The monoisotopic (exact) mass is 722 g/mol. The molecule has 0 bridgehead atoms. The van der Waals surface area contributed by atoms with Crippen LogP contribution in [0.15, 0.2) is 155 Å². The van der Waals surface area contributed by atoms with Crippen LogP contribution in [0.1, 0.15) is 11.1 Å². The molecule has 13 heteroatoms. The number of halogens is 6. The lowest BCUT2D eigenvalue weighted by Gasteiger charge is -2.15. The van der Waals surface area contributed by atoms with Gasteiger partial charge in [-0.15, -0.1) is 0 Å². The van der Waals surface area contributed by atoms with E-state index in [9.17, 15) is 34.8 Å². The summed E-state index contributed by atoms with van der Waals surface area (Å²) in [5, 5.41) is 0. The Morgan fingerprint density at radius 1 is 0.373 bits per heavy atom. The van der Waals surface area contributed by atoms with Gasteiger partial charge in [0.15, 0.2) is 0 Å². The molecule has 0 unspecified atom stereocenters. The molecule has 0 spiro atoms. The van der Waals surface area contributed by atoms with Crippen molar-refractivity contribution < 1.29 is 53.7 Å². The van der Waals surface area contributed by atoms with Gasteiger partial charge in [-0.3, -0.25) is 0 Å². The van der Waals surface area contributed by atoms with Crippen molar-refractivity contribution >= 4 is 9.84 Å². The number of hydrogen-bond acceptors (Lipinski definition) is 6. The minimum absolute atomic E-state index is 0.00468. The largest absolute Gasteiger partial charge is 0.457 e. The second-order valence-corrected chi connectivity index (χ2v) is 12.7. The van der Waals surface area contributed by atoms with E-state index >= 15 is 0 Å². The highest BCUT2D eigenvalue weighted by atomic mass is 32.2. The third-order valence-corrected chi connectivity index (χ3v) is 9.01. The second kappa shape index (κ2) is 14.1. The van der Waals surface area contributed by atoms with Gasteiger partial charge in [0.25, 0.3) is 0 Å². The Hall–Kier alpha value is -5.95. The van der Waals surface area contributed by atoms with Gasteiger partial charge >= 0.3 is 12.4 Å². The summed E-state index contributed by atoms with van der Waals surface area (Å²) in [6, 6.07) is 32.5. The van der Waals surface area contributed by atoms with Crippen molar-refractivity contribution in [2.24, 2.45) is 0 Å². The second-order valence-electron chi connectivity index (χ2n) is 10.8. The molecule has 0 heterocycles. The van der Waals surface area contributed by atoms with E-state index in [-0.39, 0.29) is 55.8 Å². The first-order valence-corrected chi connectivity index (χ1v) is 16.4. The first-order chi connectivity index (χ1) is 24.3. The molecule has 0 atom stereocenters. The fourth-order valence-electron chi connectivity index (χ4n) is 4.78. The van der Waals surface area contributed by atoms with Crippen LogP contribution in [0.2, 0.25) is 0 Å². The van der Waals surface area contributed by atoms with E-state index in [1.165, 1.54) is 109 Å².